The van der Waals surface area contributed by atoms with Crippen LogP contribution in [0.5, 0.6) is 0 Å². The van der Waals surface area contributed by atoms with Crippen LogP contribution in [0.4, 0.5) is 0 Å². The highest BCUT2D eigenvalue weighted by atomic mass is 16.6. The molecule has 2 aliphatic carbocycles. The van der Waals surface area contributed by atoms with E-state index in [9.17, 15) is 14.7 Å². The van der Waals surface area contributed by atoms with Gasteiger partial charge >= 0.3 is 11.9 Å². The van der Waals surface area contributed by atoms with Crippen molar-refractivity contribution < 1.29 is 24.2 Å². The van der Waals surface area contributed by atoms with Crippen molar-refractivity contribution in [2.75, 3.05) is 13.1 Å². The molecule has 7 fully saturated rings. The second-order valence-electron chi connectivity index (χ2n) is 11.1. The van der Waals surface area contributed by atoms with Gasteiger partial charge in [-0.2, -0.15) is 0 Å². The van der Waals surface area contributed by atoms with E-state index in [0.29, 0.717) is 6.42 Å². The fourth-order valence-electron chi connectivity index (χ4n) is 9.20. The van der Waals surface area contributed by atoms with Crippen LogP contribution in [0.2, 0.25) is 0 Å². The molecule has 7 aliphatic heterocycles. The molecule has 7 heteroatoms. The van der Waals surface area contributed by atoms with Crippen LogP contribution in [0.25, 0.3) is 0 Å². The lowest BCUT2D eigenvalue weighted by molar-refractivity contribution is -0.176. The molecule has 5 saturated heterocycles. The molecule has 9 aliphatic rings. The Morgan fingerprint density at radius 3 is 2.48 bits per heavy atom. The molecule has 0 aromatic rings. The number of esters is 2. The summed E-state index contributed by atoms with van der Waals surface area (Å²) in [6, 6.07) is 0.806. The molecular formula is C24H28N2O5. The molecule has 7 heterocycles. The maximum atomic E-state index is 13.5. The Bertz CT molecular complexity index is 1000. The molecule has 8 atom stereocenters. The van der Waals surface area contributed by atoms with Crippen LogP contribution in [0, 0.1) is 5.92 Å². The molecule has 31 heavy (non-hydrogen) atoms. The Kier molecular flexibility index (Phi) is 3.12. The standard InChI is InChI=1S/C24H28N2O5/c27-17-11-24-14(9-15(17)25-5-2-4-19(24)25)21(22(29)31-24)13-7-12-8-20(28)30-23(12)10-16(13)26-6-1-3-18(23)26/h8,13,15-19,27H,1-7,9-11H2. The average molecular weight is 424 g/mol. The minimum Gasteiger partial charge on any atom is -0.450 e. The lowest BCUT2D eigenvalue weighted by atomic mass is 9.63. The lowest BCUT2D eigenvalue weighted by Gasteiger charge is -2.56. The van der Waals surface area contributed by atoms with Crippen LogP contribution < -0.4 is 0 Å². The van der Waals surface area contributed by atoms with Crippen molar-refractivity contribution in [1.82, 2.24) is 9.80 Å². The number of hydrogen-bond donors (Lipinski definition) is 1. The van der Waals surface area contributed by atoms with Crippen LogP contribution in [-0.2, 0) is 19.1 Å². The molecule has 0 radical (unpaired) electrons. The maximum absolute atomic E-state index is 13.5. The zero-order valence-electron chi connectivity index (χ0n) is 17.6. The first kappa shape index (κ1) is 17.8. The summed E-state index contributed by atoms with van der Waals surface area (Å²) >= 11 is 0. The van der Waals surface area contributed by atoms with Gasteiger partial charge in [-0.25, -0.2) is 9.59 Å². The summed E-state index contributed by atoms with van der Waals surface area (Å²) in [5, 5.41) is 10.8. The van der Waals surface area contributed by atoms with Crippen LogP contribution >= 0.6 is 0 Å². The molecule has 164 valence electrons. The molecular weight excluding hydrogens is 396 g/mol. The van der Waals surface area contributed by atoms with Gasteiger partial charge in [0.05, 0.1) is 18.2 Å². The van der Waals surface area contributed by atoms with E-state index in [1.165, 1.54) is 5.57 Å². The van der Waals surface area contributed by atoms with Gasteiger partial charge in [0.1, 0.15) is 0 Å². The second-order valence-corrected chi connectivity index (χ2v) is 11.1. The van der Waals surface area contributed by atoms with Gasteiger partial charge in [-0.05, 0) is 62.8 Å². The predicted molar refractivity (Wildman–Crippen MR) is 108 cm³/mol. The summed E-state index contributed by atoms with van der Waals surface area (Å²) in [4.78, 5) is 30.8. The van der Waals surface area contributed by atoms with E-state index in [1.54, 1.807) is 6.08 Å². The third kappa shape index (κ3) is 1.87. The molecule has 0 aromatic carbocycles. The number of ether oxygens (including phenoxy) is 2. The van der Waals surface area contributed by atoms with Crippen molar-refractivity contribution in [2.24, 2.45) is 5.92 Å². The van der Waals surface area contributed by atoms with E-state index < -0.39 is 17.3 Å². The first-order valence-electron chi connectivity index (χ1n) is 12.1. The monoisotopic (exact) mass is 424 g/mol. The quantitative estimate of drug-likeness (QED) is 0.631. The van der Waals surface area contributed by atoms with Crippen molar-refractivity contribution >= 4 is 11.9 Å². The van der Waals surface area contributed by atoms with E-state index in [-0.39, 0.29) is 42.0 Å². The summed E-state index contributed by atoms with van der Waals surface area (Å²) in [6.45, 7) is 2.00. The Hall–Kier alpha value is -1.70. The van der Waals surface area contributed by atoms with E-state index in [1.807, 2.05) is 0 Å². The van der Waals surface area contributed by atoms with Gasteiger partial charge < -0.3 is 14.6 Å². The fourth-order valence-corrected chi connectivity index (χ4v) is 9.20. The normalized spacial score (nSPS) is 52.1. The molecule has 2 saturated carbocycles. The van der Waals surface area contributed by atoms with E-state index in [4.69, 9.17) is 9.47 Å². The minimum atomic E-state index is -0.634. The predicted octanol–water partition coefficient (Wildman–Crippen LogP) is 1.06. The Morgan fingerprint density at radius 2 is 1.68 bits per heavy atom. The maximum Gasteiger partial charge on any atom is 0.335 e. The van der Waals surface area contributed by atoms with E-state index in [2.05, 4.69) is 9.80 Å². The third-order valence-corrected chi connectivity index (χ3v) is 10.1. The molecule has 7 nitrogen and oxygen atoms in total. The Morgan fingerprint density at radius 1 is 0.935 bits per heavy atom. The van der Waals surface area contributed by atoms with E-state index in [0.717, 1.165) is 69.2 Å². The number of rotatable bonds is 1. The van der Waals surface area contributed by atoms with Crippen molar-refractivity contribution in [3.63, 3.8) is 0 Å². The Labute approximate surface area is 181 Å². The topological polar surface area (TPSA) is 79.3 Å². The first-order valence-corrected chi connectivity index (χ1v) is 12.1. The zero-order chi connectivity index (χ0) is 20.7. The average Bonchev–Trinajstić information content (AvgIpc) is 3.51. The van der Waals surface area contributed by atoms with Crippen LogP contribution in [0.1, 0.15) is 51.4 Å². The molecule has 0 amide bonds. The van der Waals surface area contributed by atoms with Gasteiger partial charge in [0, 0.05) is 42.5 Å². The van der Waals surface area contributed by atoms with Crippen LogP contribution in [0.15, 0.2) is 22.8 Å². The van der Waals surface area contributed by atoms with Gasteiger partial charge in [-0.3, -0.25) is 9.80 Å². The summed E-state index contributed by atoms with van der Waals surface area (Å²) in [5.41, 5.74) is 2.07. The highest BCUT2D eigenvalue weighted by Gasteiger charge is 2.69. The zero-order valence-corrected chi connectivity index (χ0v) is 17.6. The third-order valence-electron chi connectivity index (χ3n) is 10.1. The SMILES string of the molecule is O=C1C=C2CC(C3=C4CC5C(O)CC4(OC3=O)C3CCCN53)C3CC2(O1)C1CCCN31. The van der Waals surface area contributed by atoms with Gasteiger partial charge in [0.25, 0.3) is 0 Å². The molecule has 4 bridgehead atoms. The Balaban J connectivity index is 1.27. The number of fused-ring (bicyclic) bond motifs is 4. The molecule has 0 aromatic heterocycles. The number of hydrogen-bond acceptors (Lipinski definition) is 7. The second kappa shape index (κ2) is 5.43. The number of aliphatic hydroxyl groups excluding tert-OH is 1. The minimum absolute atomic E-state index is 0.0604. The number of aliphatic hydroxyl groups is 1. The van der Waals surface area contributed by atoms with Crippen molar-refractivity contribution in [1.29, 1.82) is 0 Å². The van der Waals surface area contributed by atoms with Gasteiger partial charge in [0.15, 0.2) is 11.2 Å². The highest BCUT2D eigenvalue weighted by Crippen LogP contribution is 2.62. The van der Waals surface area contributed by atoms with Gasteiger partial charge in [-0.1, -0.05) is 0 Å². The number of carbonyl (C=O) groups is 2. The molecule has 9 rings (SSSR count). The van der Waals surface area contributed by atoms with Crippen LogP contribution in [-0.4, -0.2) is 81.4 Å². The van der Waals surface area contributed by atoms with Crippen molar-refractivity contribution in [3.8, 4) is 0 Å². The van der Waals surface area contributed by atoms with Crippen molar-refractivity contribution in [2.45, 2.75) is 92.8 Å². The largest absolute Gasteiger partial charge is 0.450 e. The number of nitrogens with zero attached hydrogens (tertiary/aromatic N) is 2. The summed E-state index contributed by atoms with van der Waals surface area (Å²) < 4.78 is 12.3. The smallest absolute Gasteiger partial charge is 0.335 e. The molecule has 8 unspecified atom stereocenters. The van der Waals surface area contributed by atoms with E-state index >= 15 is 0 Å². The number of carbonyl (C=O) groups excluding carboxylic acids is 2. The molecule has 2 spiro atoms. The summed E-state index contributed by atoms with van der Waals surface area (Å²) in [7, 11) is 0. The highest BCUT2D eigenvalue weighted by molar-refractivity contribution is 5.95. The van der Waals surface area contributed by atoms with Crippen LogP contribution in [0.3, 0.4) is 0 Å². The summed E-state index contributed by atoms with van der Waals surface area (Å²) in [6.07, 6.45) is 8.40. The van der Waals surface area contributed by atoms with Gasteiger partial charge in [0.2, 0.25) is 0 Å². The number of piperidine rings is 2. The first-order chi connectivity index (χ1) is 15.0. The van der Waals surface area contributed by atoms with Gasteiger partial charge in [-0.15, -0.1) is 0 Å². The van der Waals surface area contributed by atoms with Crippen molar-refractivity contribution in [3.05, 3.63) is 22.8 Å². The fraction of sp³-hybridized carbons (Fsp3) is 0.750. The lowest BCUT2D eigenvalue weighted by Crippen LogP contribution is -2.68. The molecule has 1 N–H and O–H groups in total. The summed E-state index contributed by atoms with van der Waals surface area (Å²) in [5.74, 6) is -0.319.